The van der Waals surface area contributed by atoms with Crippen LogP contribution in [-0.4, -0.2) is 12.6 Å². The summed E-state index contributed by atoms with van der Waals surface area (Å²) in [6.45, 7) is 9.45. The van der Waals surface area contributed by atoms with Crippen molar-refractivity contribution in [3.63, 3.8) is 0 Å². The van der Waals surface area contributed by atoms with Crippen molar-refractivity contribution in [2.75, 3.05) is 6.61 Å². The predicted octanol–water partition coefficient (Wildman–Crippen LogP) is 3.29. The first-order valence-electron chi connectivity index (χ1n) is 5.63. The molecule has 1 rings (SSSR count). The standard InChI is InChI=1S/C15H18O2/c1-12(13(2)11-17-14(3)16)9-10-15-7-5-4-6-8-15/h4-8H,1-2,9-11H2,3H3. The molecule has 0 aliphatic carbocycles. The molecule has 0 unspecified atom stereocenters. The van der Waals surface area contributed by atoms with E-state index in [0.29, 0.717) is 0 Å². The highest BCUT2D eigenvalue weighted by Gasteiger charge is 2.03. The van der Waals surface area contributed by atoms with E-state index in [-0.39, 0.29) is 12.6 Å². The van der Waals surface area contributed by atoms with E-state index in [4.69, 9.17) is 4.74 Å². The average Bonchev–Trinajstić information content (AvgIpc) is 2.34. The number of carbonyl (C=O) groups is 1. The number of esters is 1. The number of aryl methyl sites for hydroxylation is 1. The molecule has 0 fully saturated rings. The molecule has 0 saturated carbocycles. The van der Waals surface area contributed by atoms with Crippen LogP contribution in [0, 0.1) is 0 Å². The van der Waals surface area contributed by atoms with Crippen LogP contribution in [-0.2, 0) is 16.0 Å². The Kier molecular flexibility index (Phi) is 5.21. The molecule has 0 aromatic heterocycles. The van der Waals surface area contributed by atoms with Crippen molar-refractivity contribution >= 4 is 5.97 Å². The highest BCUT2D eigenvalue weighted by molar-refractivity contribution is 5.66. The number of hydrogen-bond donors (Lipinski definition) is 0. The molecule has 2 heteroatoms. The van der Waals surface area contributed by atoms with Crippen molar-refractivity contribution in [2.24, 2.45) is 0 Å². The fourth-order valence-electron chi connectivity index (χ4n) is 1.41. The van der Waals surface area contributed by atoms with Gasteiger partial charge in [-0.2, -0.15) is 0 Å². The lowest BCUT2D eigenvalue weighted by Crippen LogP contribution is -2.04. The molecular formula is C15H18O2. The summed E-state index contributed by atoms with van der Waals surface area (Å²) < 4.78 is 4.88. The van der Waals surface area contributed by atoms with Crippen LogP contribution in [0.1, 0.15) is 18.9 Å². The lowest BCUT2D eigenvalue weighted by atomic mass is 10.0. The molecule has 0 spiro atoms. The second-order valence-corrected chi connectivity index (χ2v) is 3.97. The van der Waals surface area contributed by atoms with Gasteiger partial charge in [-0.25, -0.2) is 0 Å². The van der Waals surface area contributed by atoms with Crippen molar-refractivity contribution in [1.82, 2.24) is 0 Å². The first kappa shape index (κ1) is 13.2. The van der Waals surface area contributed by atoms with E-state index >= 15 is 0 Å². The summed E-state index contributed by atoms with van der Waals surface area (Å²) in [6, 6.07) is 10.2. The van der Waals surface area contributed by atoms with Gasteiger partial charge in [0.2, 0.25) is 0 Å². The van der Waals surface area contributed by atoms with Crippen molar-refractivity contribution in [2.45, 2.75) is 19.8 Å². The highest BCUT2D eigenvalue weighted by Crippen LogP contribution is 2.14. The topological polar surface area (TPSA) is 26.3 Å². The molecule has 0 aliphatic rings. The lowest BCUT2D eigenvalue weighted by Gasteiger charge is -2.09. The third-order valence-electron chi connectivity index (χ3n) is 2.51. The first-order chi connectivity index (χ1) is 8.09. The molecule has 2 nitrogen and oxygen atoms in total. The van der Waals surface area contributed by atoms with Crippen LogP contribution in [0.3, 0.4) is 0 Å². The van der Waals surface area contributed by atoms with Gasteiger partial charge in [0.25, 0.3) is 0 Å². The quantitative estimate of drug-likeness (QED) is 0.553. The number of rotatable bonds is 6. The molecule has 0 radical (unpaired) electrons. The third kappa shape index (κ3) is 5.16. The van der Waals surface area contributed by atoms with E-state index < -0.39 is 0 Å². The molecule has 0 aliphatic heterocycles. The van der Waals surface area contributed by atoms with E-state index in [9.17, 15) is 4.79 Å². The molecule has 1 aromatic rings. The fourth-order valence-corrected chi connectivity index (χ4v) is 1.41. The summed E-state index contributed by atoms with van der Waals surface area (Å²) in [7, 11) is 0. The summed E-state index contributed by atoms with van der Waals surface area (Å²) in [5.41, 5.74) is 3.00. The van der Waals surface area contributed by atoms with Gasteiger partial charge < -0.3 is 4.74 Å². The van der Waals surface area contributed by atoms with Gasteiger partial charge in [-0.3, -0.25) is 4.79 Å². The third-order valence-corrected chi connectivity index (χ3v) is 2.51. The molecule has 0 bridgehead atoms. The Morgan fingerprint density at radius 2 is 1.82 bits per heavy atom. The first-order valence-corrected chi connectivity index (χ1v) is 5.63. The Bertz CT molecular complexity index is 404. The largest absolute Gasteiger partial charge is 0.461 e. The van der Waals surface area contributed by atoms with Gasteiger partial charge in [-0.05, 0) is 29.6 Å². The smallest absolute Gasteiger partial charge is 0.302 e. The monoisotopic (exact) mass is 230 g/mol. The van der Waals surface area contributed by atoms with Gasteiger partial charge in [0.15, 0.2) is 0 Å². The molecule has 90 valence electrons. The zero-order valence-electron chi connectivity index (χ0n) is 10.2. The molecule has 1 aromatic carbocycles. The van der Waals surface area contributed by atoms with Gasteiger partial charge in [0.1, 0.15) is 6.61 Å². The Morgan fingerprint density at radius 1 is 1.18 bits per heavy atom. The van der Waals surface area contributed by atoms with Gasteiger partial charge in [0, 0.05) is 6.92 Å². The van der Waals surface area contributed by atoms with Crippen LogP contribution in [0.25, 0.3) is 0 Å². The van der Waals surface area contributed by atoms with E-state index in [1.54, 1.807) is 0 Å². The number of ether oxygens (including phenoxy) is 1. The van der Waals surface area contributed by atoms with Crippen molar-refractivity contribution in [3.8, 4) is 0 Å². The minimum absolute atomic E-state index is 0.239. The Labute approximate surface area is 103 Å². The van der Waals surface area contributed by atoms with Crippen LogP contribution in [0.4, 0.5) is 0 Å². The second kappa shape index (κ2) is 6.69. The molecular weight excluding hydrogens is 212 g/mol. The predicted molar refractivity (Wildman–Crippen MR) is 69.7 cm³/mol. The second-order valence-electron chi connectivity index (χ2n) is 3.97. The van der Waals surface area contributed by atoms with Crippen LogP contribution >= 0.6 is 0 Å². The molecule has 0 heterocycles. The van der Waals surface area contributed by atoms with E-state index in [1.165, 1.54) is 12.5 Å². The van der Waals surface area contributed by atoms with Crippen LogP contribution in [0.2, 0.25) is 0 Å². The van der Waals surface area contributed by atoms with Gasteiger partial charge >= 0.3 is 5.97 Å². The number of carbonyl (C=O) groups excluding carboxylic acids is 1. The van der Waals surface area contributed by atoms with Crippen LogP contribution < -0.4 is 0 Å². The minimum Gasteiger partial charge on any atom is -0.461 e. The van der Waals surface area contributed by atoms with Crippen LogP contribution in [0.15, 0.2) is 54.6 Å². The molecule has 0 saturated heterocycles. The number of hydrogen-bond acceptors (Lipinski definition) is 2. The normalized spacial score (nSPS) is 9.71. The Balaban J connectivity index is 2.34. The van der Waals surface area contributed by atoms with Gasteiger partial charge in [-0.15, -0.1) is 0 Å². The fraction of sp³-hybridized carbons (Fsp3) is 0.267. The molecule has 0 atom stereocenters. The summed E-state index contributed by atoms with van der Waals surface area (Å²) >= 11 is 0. The zero-order chi connectivity index (χ0) is 12.7. The maximum atomic E-state index is 10.7. The van der Waals surface area contributed by atoms with Crippen LogP contribution in [0.5, 0.6) is 0 Å². The zero-order valence-corrected chi connectivity index (χ0v) is 10.2. The average molecular weight is 230 g/mol. The SMILES string of the molecule is C=C(CCc1ccccc1)C(=C)COC(C)=O. The van der Waals surface area contributed by atoms with E-state index in [2.05, 4.69) is 25.3 Å². The van der Waals surface area contributed by atoms with Crippen molar-refractivity contribution in [1.29, 1.82) is 0 Å². The summed E-state index contributed by atoms with van der Waals surface area (Å²) in [5, 5.41) is 0. The summed E-state index contributed by atoms with van der Waals surface area (Å²) in [5.74, 6) is -0.290. The van der Waals surface area contributed by atoms with Gasteiger partial charge in [0.05, 0.1) is 0 Å². The number of benzene rings is 1. The molecule has 0 amide bonds. The minimum atomic E-state index is -0.290. The lowest BCUT2D eigenvalue weighted by molar-refractivity contribution is -0.139. The molecule has 0 N–H and O–H groups in total. The molecule has 17 heavy (non-hydrogen) atoms. The Morgan fingerprint density at radius 3 is 2.41 bits per heavy atom. The maximum absolute atomic E-state index is 10.7. The van der Waals surface area contributed by atoms with E-state index in [0.717, 1.165) is 24.0 Å². The summed E-state index contributed by atoms with van der Waals surface area (Å²) in [4.78, 5) is 10.7. The van der Waals surface area contributed by atoms with E-state index in [1.807, 2.05) is 18.2 Å². The maximum Gasteiger partial charge on any atom is 0.302 e. The van der Waals surface area contributed by atoms with Crippen molar-refractivity contribution < 1.29 is 9.53 Å². The van der Waals surface area contributed by atoms with Crippen molar-refractivity contribution in [3.05, 3.63) is 60.2 Å². The van der Waals surface area contributed by atoms with Gasteiger partial charge in [-0.1, -0.05) is 43.5 Å². The summed E-state index contributed by atoms with van der Waals surface area (Å²) in [6.07, 6.45) is 1.77. The highest BCUT2D eigenvalue weighted by atomic mass is 16.5. The Hall–Kier alpha value is -1.83.